The minimum Gasteiger partial charge on any atom is -0.468 e. The Morgan fingerprint density at radius 3 is 2.59 bits per heavy atom. The van der Waals surface area contributed by atoms with Crippen molar-refractivity contribution in [1.29, 1.82) is 0 Å². The highest BCUT2D eigenvalue weighted by atomic mass is 16.8. The molecule has 0 bridgehead atoms. The van der Waals surface area contributed by atoms with E-state index in [1.54, 1.807) is 20.4 Å². The number of hydrogen-bond donors (Lipinski definition) is 6. The van der Waals surface area contributed by atoms with Crippen LogP contribution in [0.25, 0.3) is 0 Å². The third-order valence-corrected chi connectivity index (χ3v) is 6.27. The topological polar surface area (TPSA) is 138 Å². The molecule has 1 spiro atoms. The van der Waals surface area contributed by atoms with Gasteiger partial charge in [0.05, 0.1) is 37.6 Å². The summed E-state index contributed by atoms with van der Waals surface area (Å²) in [6.45, 7) is 0.923. The molecular formula is C19H31N3O7. The van der Waals surface area contributed by atoms with Crippen molar-refractivity contribution in [3.05, 3.63) is 24.2 Å². The van der Waals surface area contributed by atoms with Crippen LogP contribution in [0.2, 0.25) is 0 Å². The zero-order valence-corrected chi connectivity index (χ0v) is 16.7. The van der Waals surface area contributed by atoms with Gasteiger partial charge in [-0.3, -0.25) is 0 Å². The number of ether oxygens (including phenoxy) is 3. The second-order valence-corrected chi connectivity index (χ2v) is 7.96. The lowest BCUT2D eigenvalue weighted by molar-refractivity contribution is -0.435. The number of rotatable bonds is 5. The second-order valence-electron chi connectivity index (χ2n) is 7.96. The van der Waals surface area contributed by atoms with Gasteiger partial charge in [0.2, 0.25) is 12.1 Å². The quantitative estimate of drug-likeness (QED) is 0.330. The van der Waals surface area contributed by atoms with Gasteiger partial charge in [-0.15, -0.1) is 0 Å². The largest absolute Gasteiger partial charge is 0.468 e. The molecule has 1 saturated carbocycles. The molecule has 0 radical (unpaired) electrons. The molecule has 3 heterocycles. The van der Waals surface area contributed by atoms with Gasteiger partial charge in [-0.25, -0.2) is 0 Å². The maximum atomic E-state index is 10.8. The Morgan fingerprint density at radius 1 is 1.10 bits per heavy atom. The van der Waals surface area contributed by atoms with E-state index < -0.39 is 48.6 Å². The lowest BCUT2D eigenvalue weighted by Crippen LogP contribution is -2.76. The number of likely N-dealkylation sites (N-methyl/N-ethyl adjacent to an activating group) is 2. The van der Waals surface area contributed by atoms with Crippen LogP contribution in [0.1, 0.15) is 18.6 Å². The van der Waals surface area contributed by atoms with E-state index in [9.17, 15) is 15.3 Å². The van der Waals surface area contributed by atoms with Crippen molar-refractivity contribution in [3.63, 3.8) is 0 Å². The number of aliphatic hydroxyl groups excluding tert-OH is 3. The molecule has 9 atom stereocenters. The number of aliphatic hydroxyl groups is 3. The van der Waals surface area contributed by atoms with E-state index in [0.29, 0.717) is 19.6 Å². The van der Waals surface area contributed by atoms with Gasteiger partial charge in [0.1, 0.15) is 24.1 Å². The maximum absolute atomic E-state index is 10.8. The number of fused-ring (bicyclic) bond motifs is 1. The predicted molar refractivity (Wildman–Crippen MR) is 101 cm³/mol. The zero-order chi connectivity index (χ0) is 20.6. The fraction of sp³-hybridized carbons (Fsp3) is 0.789. The van der Waals surface area contributed by atoms with Crippen molar-refractivity contribution in [1.82, 2.24) is 16.0 Å². The summed E-state index contributed by atoms with van der Waals surface area (Å²) in [5.74, 6) is -0.572. The molecule has 2 saturated heterocycles. The van der Waals surface area contributed by atoms with Crippen molar-refractivity contribution in [3.8, 4) is 0 Å². The second kappa shape index (κ2) is 8.58. The Kier molecular flexibility index (Phi) is 6.26. The molecular weight excluding hydrogens is 382 g/mol. The van der Waals surface area contributed by atoms with Gasteiger partial charge in [-0.2, -0.15) is 0 Å². The third kappa shape index (κ3) is 3.85. The normalized spacial score (nSPS) is 45.3. The molecule has 3 aliphatic rings. The summed E-state index contributed by atoms with van der Waals surface area (Å²) in [5, 5.41) is 41.5. The smallest absolute Gasteiger partial charge is 0.222 e. The first-order valence-corrected chi connectivity index (χ1v) is 10.1. The molecule has 4 rings (SSSR count). The van der Waals surface area contributed by atoms with Gasteiger partial charge in [0.25, 0.3) is 0 Å². The Balaban J connectivity index is 1.49. The summed E-state index contributed by atoms with van der Waals surface area (Å²) in [6.07, 6.45) is -2.09. The van der Waals surface area contributed by atoms with Crippen LogP contribution in [-0.4, -0.2) is 90.6 Å². The van der Waals surface area contributed by atoms with Crippen LogP contribution in [0.4, 0.5) is 0 Å². The van der Waals surface area contributed by atoms with E-state index >= 15 is 0 Å². The summed E-state index contributed by atoms with van der Waals surface area (Å²) in [5.41, 5.74) is 0. The molecule has 0 amide bonds. The first-order chi connectivity index (χ1) is 14.0. The van der Waals surface area contributed by atoms with Crippen LogP contribution in [0.5, 0.6) is 0 Å². The van der Waals surface area contributed by atoms with Crippen molar-refractivity contribution in [2.45, 2.75) is 74.0 Å². The van der Waals surface area contributed by atoms with Gasteiger partial charge < -0.3 is 49.9 Å². The molecule has 10 heteroatoms. The Morgan fingerprint density at radius 2 is 1.90 bits per heavy atom. The lowest BCUT2D eigenvalue weighted by atomic mass is 9.80. The number of nitrogens with one attached hydrogen (secondary N) is 3. The predicted octanol–water partition coefficient (Wildman–Crippen LogP) is -1.74. The van der Waals surface area contributed by atoms with Crippen molar-refractivity contribution in [2.24, 2.45) is 0 Å². The standard InChI is InChI=1S/C19H31N3O7/c1-20-12-14(23)13(21-2)16-17(15(12)24)29-19(18(25)28-16)8-10(5-7-27-19)22-9-11-4-3-6-26-11/h3-4,6,10,12-18,20-25H,5,7-9H2,1-2H3/t10?,12-,13+,14+,15+,16?,17?,18+,19?/m1/s1. The highest BCUT2D eigenvalue weighted by molar-refractivity contribution is 5.09. The van der Waals surface area contributed by atoms with Crippen LogP contribution in [0, 0.1) is 0 Å². The molecule has 1 aromatic heterocycles. The first kappa shape index (κ1) is 21.2. The van der Waals surface area contributed by atoms with Gasteiger partial charge >= 0.3 is 0 Å². The van der Waals surface area contributed by atoms with Crippen molar-refractivity contribution >= 4 is 0 Å². The average molecular weight is 413 g/mol. The molecule has 3 fully saturated rings. The summed E-state index contributed by atoms with van der Waals surface area (Å²) in [6, 6.07) is 2.60. The summed E-state index contributed by atoms with van der Waals surface area (Å²) in [7, 11) is 3.37. The van der Waals surface area contributed by atoms with Crippen molar-refractivity contribution in [2.75, 3.05) is 20.7 Å². The summed E-state index contributed by atoms with van der Waals surface area (Å²) < 4.78 is 23.3. The molecule has 6 N–H and O–H groups in total. The van der Waals surface area contributed by atoms with Crippen LogP contribution < -0.4 is 16.0 Å². The van der Waals surface area contributed by atoms with Gasteiger partial charge in [-0.1, -0.05) is 0 Å². The Bertz CT molecular complexity index is 662. The SMILES string of the molecule is CN[C@@H]1[C@H](O)[C@H](NC)C2O[C@H](O)C3(CC(NCc4ccco4)CCO3)OC2[C@H]1O. The number of hydrogen-bond acceptors (Lipinski definition) is 10. The van der Waals surface area contributed by atoms with E-state index in [0.717, 1.165) is 12.2 Å². The fourth-order valence-corrected chi connectivity index (χ4v) is 4.70. The van der Waals surface area contributed by atoms with Crippen LogP contribution >= 0.6 is 0 Å². The zero-order valence-electron chi connectivity index (χ0n) is 16.7. The van der Waals surface area contributed by atoms with Gasteiger partial charge in [0.15, 0.2) is 0 Å². The molecule has 164 valence electrons. The molecule has 2 aliphatic heterocycles. The Hall–Kier alpha value is -1.08. The minimum absolute atomic E-state index is 0.00941. The van der Waals surface area contributed by atoms with E-state index in [-0.39, 0.29) is 6.04 Å². The molecule has 10 nitrogen and oxygen atoms in total. The van der Waals surface area contributed by atoms with Crippen LogP contribution in [-0.2, 0) is 20.8 Å². The summed E-state index contributed by atoms with van der Waals surface area (Å²) >= 11 is 0. The average Bonchev–Trinajstić information content (AvgIpc) is 3.23. The Labute approximate surface area is 169 Å². The van der Waals surface area contributed by atoms with E-state index in [4.69, 9.17) is 18.6 Å². The molecule has 0 aromatic carbocycles. The molecule has 29 heavy (non-hydrogen) atoms. The summed E-state index contributed by atoms with van der Waals surface area (Å²) in [4.78, 5) is 0. The van der Waals surface area contributed by atoms with E-state index in [2.05, 4.69) is 16.0 Å². The maximum Gasteiger partial charge on any atom is 0.222 e. The van der Waals surface area contributed by atoms with E-state index in [1.165, 1.54) is 0 Å². The molecule has 1 aliphatic carbocycles. The number of furan rings is 1. The van der Waals surface area contributed by atoms with Gasteiger partial charge in [0, 0.05) is 12.5 Å². The highest BCUT2D eigenvalue weighted by Gasteiger charge is 2.60. The van der Waals surface area contributed by atoms with Crippen molar-refractivity contribution < 1.29 is 33.9 Å². The van der Waals surface area contributed by atoms with Crippen LogP contribution in [0.3, 0.4) is 0 Å². The minimum atomic E-state index is -1.39. The third-order valence-electron chi connectivity index (χ3n) is 6.27. The van der Waals surface area contributed by atoms with Gasteiger partial charge in [-0.05, 0) is 32.6 Å². The molecule has 4 unspecified atom stereocenters. The fourth-order valence-electron chi connectivity index (χ4n) is 4.70. The van der Waals surface area contributed by atoms with Crippen LogP contribution in [0.15, 0.2) is 22.8 Å². The van der Waals surface area contributed by atoms with E-state index in [1.807, 2.05) is 12.1 Å². The monoisotopic (exact) mass is 413 g/mol. The molecule has 1 aromatic rings. The first-order valence-electron chi connectivity index (χ1n) is 10.1. The lowest BCUT2D eigenvalue weighted by Gasteiger charge is -2.56. The highest BCUT2D eigenvalue weighted by Crippen LogP contribution is 2.41.